The molecule has 8 nitrogen and oxygen atoms in total. The highest BCUT2D eigenvalue weighted by Crippen LogP contribution is 2.20. The number of nitrogens with zero attached hydrogens (tertiary/aromatic N) is 1. The SMILES string of the molecule is CN(C)S(=O)(=O)c1cccc(NC(=O)COc2ccccc2C(=O)NCc2ccccc2)c1. The fourth-order valence-corrected chi connectivity index (χ4v) is 3.89. The lowest BCUT2D eigenvalue weighted by molar-refractivity contribution is -0.118. The molecule has 0 aliphatic carbocycles. The summed E-state index contributed by atoms with van der Waals surface area (Å²) in [5.41, 5.74) is 1.59. The van der Waals surface area contributed by atoms with Gasteiger partial charge in [0, 0.05) is 26.3 Å². The van der Waals surface area contributed by atoms with Gasteiger partial charge in [0.05, 0.1) is 10.5 Å². The Morgan fingerprint density at radius 1 is 0.909 bits per heavy atom. The van der Waals surface area contributed by atoms with Crippen LogP contribution in [0.5, 0.6) is 5.75 Å². The first-order valence-electron chi connectivity index (χ1n) is 10.1. The van der Waals surface area contributed by atoms with E-state index >= 15 is 0 Å². The fourth-order valence-electron chi connectivity index (χ4n) is 2.94. The summed E-state index contributed by atoms with van der Waals surface area (Å²) in [6.45, 7) is 0.00826. The minimum atomic E-state index is -3.62. The molecule has 0 fully saturated rings. The van der Waals surface area contributed by atoms with Crippen LogP contribution in [0.15, 0.2) is 83.8 Å². The van der Waals surface area contributed by atoms with E-state index in [9.17, 15) is 18.0 Å². The number of rotatable bonds is 9. The van der Waals surface area contributed by atoms with Crippen molar-refractivity contribution in [2.45, 2.75) is 11.4 Å². The number of carbonyl (C=O) groups excluding carboxylic acids is 2. The Kier molecular flexibility index (Phi) is 7.81. The number of hydrogen-bond donors (Lipinski definition) is 2. The number of ether oxygens (including phenoxy) is 1. The van der Waals surface area contributed by atoms with Crippen molar-refractivity contribution in [3.05, 3.63) is 90.0 Å². The van der Waals surface area contributed by atoms with E-state index in [1.54, 1.807) is 36.4 Å². The molecule has 0 saturated heterocycles. The normalized spacial score (nSPS) is 11.1. The Bertz CT molecular complexity index is 1230. The Hall–Kier alpha value is -3.69. The summed E-state index contributed by atoms with van der Waals surface area (Å²) < 4.78 is 31.2. The molecule has 0 aliphatic heterocycles. The Labute approximate surface area is 193 Å². The molecule has 33 heavy (non-hydrogen) atoms. The van der Waals surface area contributed by atoms with Crippen LogP contribution in [-0.2, 0) is 21.4 Å². The van der Waals surface area contributed by atoms with Crippen molar-refractivity contribution in [3.63, 3.8) is 0 Å². The van der Waals surface area contributed by atoms with E-state index in [4.69, 9.17) is 4.74 Å². The average Bonchev–Trinajstić information content (AvgIpc) is 2.82. The van der Waals surface area contributed by atoms with E-state index in [-0.39, 0.29) is 23.2 Å². The van der Waals surface area contributed by atoms with Gasteiger partial charge in [-0.3, -0.25) is 9.59 Å². The fraction of sp³-hybridized carbons (Fsp3) is 0.167. The topological polar surface area (TPSA) is 105 Å². The summed E-state index contributed by atoms with van der Waals surface area (Å²) in [6, 6.07) is 22.1. The molecule has 0 aromatic heterocycles. The highest BCUT2D eigenvalue weighted by molar-refractivity contribution is 7.89. The Morgan fingerprint density at radius 2 is 1.61 bits per heavy atom. The summed E-state index contributed by atoms with van der Waals surface area (Å²) >= 11 is 0. The Morgan fingerprint density at radius 3 is 2.33 bits per heavy atom. The van der Waals surface area contributed by atoms with Gasteiger partial charge in [0.2, 0.25) is 10.0 Å². The van der Waals surface area contributed by atoms with E-state index in [2.05, 4.69) is 10.6 Å². The van der Waals surface area contributed by atoms with Crippen LogP contribution in [0.4, 0.5) is 5.69 Å². The standard InChI is InChI=1S/C24H25N3O5S/c1-27(2)33(30,31)20-12-8-11-19(15-20)26-23(28)17-32-22-14-7-6-13-21(22)24(29)25-16-18-9-4-3-5-10-18/h3-15H,16-17H2,1-2H3,(H,25,29)(H,26,28). The summed E-state index contributed by atoms with van der Waals surface area (Å²) in [5.74, 6) is -0.549. The van der Waals surface area contributed by atoms with Crippen LogP contribution in [0.3, 0.4) is 0 Å². The highest BCUT2D eigenvalue weighted by atomic mass is 32.2. The van der Waals surface area contributed by atoms with Gasteiger partial charge in [-0.25, -0.2) is 12.7 Å². The molecule has 0 radical (unpaired) electrons. The summed E-state index contributed by atoms with van der Waals surface area (Å²) in [6.07, 6.45) is 0. The van der Waals surface area contributed by atoms with Crippen LogP contribution in [0, 0.1) is 0 Å². The van der Waals surface area contributed by atoms with E-state index in [1.165, 1.54) is 26.2 Å². The summed E-state index contributed by atoms with van der Waals surface area (Å²) in [7, 11) is -0.760. The summed E-state index contributed by atoms with van der Waals surface area (Å²) in [4.78, 5) is 25.0. The minimum absolute atomic E-state index is 0.0617. The second-order valence-corrected chi connectivity index (χ2v) is 9.47. The number of anilines is 1. The van der Waals surface area contributed by atoms with Crippen molar-refractivity contribution >= 4 is 27.5 Å². The zero-order valence-electron chi connectivity index (χ0n) is 18.3. The lowest BCUT2D eigenvalue weighted by Crippen LogP contribution is -2.25. The maximum atomic E-state index is 12.6. The van der Waals surface area contributed by atoms with E-state index in [0.29, 0.717) is 17.8 Å². The van der Waals surface area contributed by atoms with Gasteiger partial charge >= 0.3 is 0 Å². The van der Waals surface area contributed by atoms with Gasteiger partial charge in [0.1, 0.15) is 5.75 Å². The van der Waals surface area contributed by atoms with E-state index in [0.717, 1.165) is 9.87 Å². The van der Waals surface area contributed by atoms with Gasteiger partial charge in [-0.1, -0.05) is 48.5 Å². The van der Waals surface area contributed by atoms with E-state index < -0.39 is 15.9 Å². The third-order valence-corrected chi connectivity index (χ3v) is 6.49. The largest absolute Gasteiger partial charge is 0.483 e. The molecule has 9 heteroatoms. The molecular formula is C24H25N3O5S. The maximum absolute atomic E-state index is 12.6. The van der Waals surface area contributed by atoms with Crippen LogP contribution in [0.2, 0.25) is 0 Å². The molecular weight excluding hydrogens is 442 g/mol. The second kappa shape index (κ2) is 10.8. The molecule has 0 atom stereocenters. The number of para-hydroxylation sites is 1. The van der Waals surface area contributed by atoms with Crippen LogP contribution in [0.1, 0.15) is 15.9 Å². The van der Waals surface area contributed by atoms with Gasteiger partial charge in [-0.2, -0.15) is 0 Å². The molecule has 0 unspecified atom stereocenters. The first-order chi connectivity index (χ1) is 15.8. The average molecular weight is 468 g/mol. The predicted molar refractivity (Wildman–Crippen MR) is 125 cm³/mol. The zero-order chi connectivity index (χ0) is 23.8. The molecule has 3 rings (SSSR count). The predicted octanol–water partition coefficient (Wildman–Crippen LogP) is 2.88. The third kappa shape index (κ3) is 6.41. The second-order valence-electron chi connectivity index (χ2n) is 7.32. The van der Waals surface area contributed by atoms with Gasteiger partial charge in [-0.05, 0) is 35.9 Å². The zero-order valence-corrected chi connectivity index (χ0v) is 19.1. The molecule has 2 amide bonds. The number of carbonyl (C=O) groups is 2. The quantitative estimate of drug-likeness (QED) is 0.504. The number of amides is 2. The number of hydrogen-bond acceptors (Lipinski definition) is 5. The lowest BCUT2D eigenvalue weighted by Gasteiger charge is -2.14. The third-order valence-electron chi connectivity index (χ3n) is 4.68. The number of benzene rings is 3. The van der Waals surface area contributed by atoms with Crippen molar-refractivity contribution in [2.75, 3.05) is 26.0 Å². The number of nitrogens with one attached hydrogen (secondary N) is 2. The van der Waals surface area contributed by atoms with Crippen LogP contribution >= 0.6 is 0 Å². The Balaban J connectivity index is 1.61. The van der Waals surface area contributed by atoms with Crippen molar-refractivity contribution in [3.8, 4) is 5.75 Å². The molecule has 0 saturated carbocycles. The number of sulfonamides is 1. The molecule has 0 aliphatic rings. The van der Waals surface area contributed by atoms with Crippen LogP contribution in [0.25, 0.3) is 0 Å². The molecule has 3 aromatic rings. The lowest BCUT2D eigenvalue weighted by atomic mass is 10.1. The minimum Gasteiger partial charge on any atom is -0.483 e. The monoisotopic (exact) mass is 467 g/mol. The molecule has 172 valence electrons. The molecule has 0 bridgehead atoms. The van der Waals surface area contributed by atoms with Gasteiger partial charge in [-0.15, -0.1) is 0 Å². The van der Waals surface area contributed by atoms with Crippen LogP contribution < -0.4 is 15.4 Å². The molecule has 3 aromatic carbocycles. The van der Waals surface area contributed by atoms with Crippen molar-refractivity contribution in [1.29, 1.82) is 0 Å². The molecule has 0 heterocycles. The molecule has 0 spiro atoms. The van der Waals surface area contributed by atoms with Crippen molar-refractivity contribution < 1.29 is 22.7 Å². The smallest absolute Gasteiger partial charge is 0.262 e. The first kappa shape index (κ1) is 24.0. The van der Waals surface area contributed by atoms with Crippen molar-refractivity contribution in [1.82, 2.24) is 9.62 Å². The van der Waals surface area contributed by atoms with Gasteiger partial charge < -0.3 is 15.4 Å². The molecule has 2 N–H and O–H groups in total. The highest BCUT2D eigenvalue weighted by Gasteiger charge is 2.18. The van der Waals surface area contributed by atoms with Crippen LogP contribution in [-0.4, -0.2) is 45.2 Å². The van der Waals surface area contributed by atoms with Crippen molar-refractivity contribution in [2.24, 2.45) is 0 Å². The maximum Gasteiger partial charge on any atom is 0.262 e. The summed E-state index contributed by atoms with van der Waals surface area (Å²) in [5, 5.41) is 5.44. The van der Waals surface area contributed by atoms with Gasteiger partial charge in [0.25, 0.3) is 11.8 Å². The van der Waals surface area contributed by atoms with E-state index in [1.807, 2.05) is 30.3 Å². The van der Waals surface area contributed by atoms with Gasteiger partial charge in [0.15, 0.2) is 6.61 Å². The first-order valence-corrected chi connectivity index (χ1v) is 11.6.